The van der Waals surface area contributed by atoms with Gasteiger partial charge in [0.2, 0.25) is 0 Å². The Labute approximate surface area is 134 Å². The van der Waals surface area contributed by atoms with E-state index in [0.29, 0.717) is 5.37 Å². The first-order valence-electron chi connectivity index (χ1n) is 7.37. The number of pyridine rings is 1. The molecule has 0 amide bonds. The van der Waals surface area contributed by atoms with Crippen molar-refractivity contribution in [2.75, 3.05) is 0 Å². The third kappa shape index (κ3) is 2.50. The molecule has 0 saturated carbocycles. The second-order valence-electron chi connectivity index (χ2n) is 5.52. The number of imidazole rings is 1. The van der Waals surface area contributed by atoms with E-state index in [0.717, 1.165) is 12.2 Å². The molecule has 0 fully saturated rings. The first kappa shape index (κ1) is 13.5. The highest BCUT2D eigenvalue weighted by atomic mass is 32.2. The lowest BCUT2D eigenvalue weighted by molar-refractivity contribution is 0.359. The fourth-order valence-electron chi connectivity index (χ4n) is 2.84. The molecule has 110 valence electrons. The van der Waals surface area contributed by atoms with Crippen molar-refractivity contribution in [3.63, 3.8) is 0 Å². The summed E-state index contributed by atoms with van der Waals surface area (Å²) in [7, 11) is 0. The molecule has 0 N–H and O–H groups in total. The van der Waals surface area contributed by atoms with Crippen LogP contribution in [-0.4, -0.2) is 14.3 Å². The zero-order chi connectivity index (χ0) is 14.9. The largest absolute Gasteiger partial charge is 0.356 e. The van der Waals surface area contributed by atoms with Gasteiger partial charge in [0.25, 0.3) is 0 Å². The molecular formula is C18H17N3S. The highest BCUT2D eigenvalue weighted by Crippen LogP contribution is 2.44. The highest BCUT2D eigenvalue weighted by molar-refractivity contribution is 8.03. The molecule has 3 aromatic rings. The van der Waals surface area contributed by atoms with Crippen LogP contribution < -0.4 is 0 Å². The number of fused-ring (bicyclic) bond motifs is 1. The third-order valence-corrected chi connectivity index (χ3v) is 5.10. The van der Waals surface area contributed by atoms with Crippen LogP contribution in [0, 0.1) is 0 Å². The maximum atomic E-state index is 4.37. The number of benzene rings is 1. The van der Waals surface area contributed by atoms with Crippen molar-refractivity contribution in [3.8, 4) is 0 Å². The van der Waals surface area contributed by atoms with Crippen molar-refractivity contribution in [3.05, 3.63) is 83.3 Å². The van der Waals surface area contributed by atoms with Gasteiger partial charge in [-0.1, -0.05) is 42.1 Å². The Morgan fingerprint density at radius 3 is 2.86 bits per heavy atom. The van der Waals surface area contributed by atoms with Gasteiger partial charge in [0.05, 0.1) is 0 Å². The summed E-state index contributed by atoms with van der Waals surface area (Å²) in [5, 5.41) is 0.358. The van der Waals surface area contributed by atoms with Gasteiger partial charge < -0.3 is 9.30 Å². The Hall–Kier alpha value is -2.20. The second-order valence-corrected chi connectivity index (χ2v) is 6.85. The number of thioether (sulfide) groups is 1. The monoisotopic (exact) mass is 307 g/mol. The van der Waals surface area contributed by atoms with Crippen LogP contribution in [0.2, 0.25) is 0 Å². The van der Waals surface area contributed by atoms with Crippen LogP contribution in [-0.2, 0) is 6.54 Å². The van der Waals surface area contributed by atoms with Gasteiger partial charge in [-0.2, -0.15) is 0 Å². The summed E-state index contributed by atoms with van der Waals surface area (Å²) in [5.74, 6) is 0. The average molecular weight is 307 g/mol. The molecule has 1 aliphatic heterocycles. The lowest BCUT2D eigenvalue weighted by Gasteiger charge is -2.25. The zero-order valence-electron chi connectivity index (χ0n) is 12.4. The summed E-state index contributed by atoms with van der Waals surface area (Å²) in [4.78, 5) is 8.13. The SMILES string of the molecule is CC1=CN(Cc2ccn3ccnc3c2)C(c2ccccc2)S1. The van der Waals surface area contributed by atoms with Crippen molar-refractivity contribution in [2.45, 2.75) is 18.8 Å². The average Bonchev–Trinajstić information content (AvgIpc) is 3.14. The zero-order valence-corrected chi connectivity index (χ0v) is 13.2. The molecule has 0 bridgehead atoms. The van der Waals surface area contributed by atoms with Gasteiger partial charge in [0.15, 0.2) is 0 Å². The molecule has 4 rings (SSSR count). The van der Waals surface area contributed by atoms with Crippen LogP contribution in [0.25, 0.3) is 5.65 Å². The summed E-state index contributed by atoms with van der Waals surface area (Å²) in [6.45, 7) is 3.08. The summed E-state index contributed by atoms with van der Waals surface area (Å²) >= 11 is 1.92. The minimum Gasteiger partial charge on any atom is -0.356 e. The molecule has 1 aromatic carbocycles. The predicted octanol–water partition coefficient (Wildman–Crippen LogP) is 4.44. The van der Waals surface area contributed by atoms with Crippen LogP contribution in [0.5, 0.6) is 0 Å². The Bertz CT molecular complexity index is 822. The maximum Gasteiger partial charge on any atom is 0.136 e. The lowest BCUT2D eigenvalue weighted by atomic mass is 10.2. The Morgan fingerprint density at radius 2 is 2.00 bits per heavy atom. The van der Waals surface area contributed by atoms with Crippen molar-refractivity contribution in [2.24, 2.45) is 0 Å². The number of hydrogen-bond acceptors (Lipinski definition) is 3. The van der Waals surface area contributed by atoms with E-state index in [1.54, 1.807) is 0 Å². The molecule has 0 radical (unpaired) electrons. The molecule has 3 nitrogen and oxygen atoms in total. The van der Waals surface area contributed by atoms with E-state index in [1.165, 1.54) is 16.0 Å². The number of rotatable bonds is 3. The predicted molar refractivity (Wildman–Crippen MR) is 91.3 cm³/mol. The van der Waals surface area contributed by atoms with E-state index >= 15 is 0 Å². The van der Waals surface area contributed by atoms with E-state index in [1.807, 2.05) is 28.6 Å². The van der Waals surface area contributed by atoms with Crippen molar-refractivity contribution in [1.29, 1.82) is 0 Å². The van der Waals surface area contributed by atoms with Gasteiger partial charge in [-0.3, -0.25) is 0 Å². The van der Waals surface area contributed by atoms with Gasteiger partial charge in [0.1, 0.15) is 11.0 Å². The number of allylic oxidation sites excluding steroid dienone is 1. The van der Waals surface area contributed by atoms with E-state index in [9.17, 15) is 0 Å². The smallest absolute Gasteiger partial charge is 0.136 e. The minimum absolute atomic E-state index is 0.358. The molecule has 0 spiro atoms. The van der Waals surface area contributed by atoms with Crippen LogP contribution in [0.1, 0.15) is 23.4 Å². The van der Waals surface area contributed by atoms with Gasteiger partial charge >= 0.3 is 0 Å². The van der Waals surface area contributed by atoms with E-state index in [2.05, 4.69) is 71.7 Å². The Balaban J connectivity index is 1.62. The van der Waals surface area contributed by atoms with Gasteiger partial charge in [-0.05, 0) is 30.2 Å². The van der Waals surface area contributed by atoms with E-state index in [4.69, 9.17) is 0 Å². The third-order valence-electron chi connectivity index (χ3n) is 3.86. The molecule has 1 atom stereocenters. The number of hydrogen-bond donors (Lipinski definition) is 0. The number of aromatic nitrogens is 2. The topological polar surface area (TPSA) is 20.5 Å². The molecule has 22 heavy (non-hydrogen) atoms. The minimum atomic E-state index is 0.358. The summed E-state index contributed by atoms with van der Waals surface area (Å²) < 4.78 is 2.04. The first-order valence-corrected chi connectivity index (χ1v) is 8.25. The molecule has 1 unspecified atom stereocenters. The van der Waals surface area contributed by atoms with Gasteiger partial charge in [-0.15, -0.1) is 0 Å². The van der Waals surface area contributed by atoms with Crippen molar-refractivity contribution >= 4 is 17.4 Å². The molecule has 1 aliphatic rings. The van der Waals surface area contributed by atoms with Crippen LogP contribution in [0.3, 0.4) is 0 Å². The summed E-state index contributed by atoms with van der Waals surface area (Å²) in [5.41, 5.74) is 3.63. The standard InChI is InChI=1S/C18H17N3S/c1-14-12-21(18(22-14)16-5-3-2-4-6-16)13-15-7-9-20-10-8-19-17(20)11-15/h2-12,18H,13H2,1H3. The van der Waals surface area contributed by atoms with E-state index in [-0.39, 0.29) is 0 Å². The fraction of sp³-hybridized carbons (Fsp3) is 0.167. The molecular weight excluding hydrogens is 290 g/mol. The normalized spacial score (nSPS) is 18.0. The van der Waals surface area contributed by atoms with Crippen LogP contribution in [0.4, 0.5) is 0 Å². The summed E-state index contributed by atoms with van der Waals surface area (Å²) in [6, 6.07) is 15.0. The molecule has 4 heteroatoms. The highest BCUT2D eigenvalue weighted by Gasteiger charge is 2.24. The molecule has 3 heterocycles. The van der Waals surface area contributed by atoms with Gasteiger partial charge in [0, 0.05) is 36.2 Å². The van der Waals surface area contributed by atoms with Crippen molar-refractivity contribution < 1.29 is 0 Å². The van der Waals surface area contributed by atoms with Gasteiger partial charge in [-0.25, -0.2) is 4.98 Å². The molecule has 2 aromatic heterocycles. The quantitative estimate of drug-likeness (QED) is 0.713. The first-order chi connectivity index (χ1) is 10.8. The van der Waals surface area contributed by atoms with Crippen molar-refractivity contribution in [1.82, 2.24) is 14.3 Å². The number of nitrogens with zero attached hydrogens (tertiary/aromatic N) is 3. The summed E-state index contributed by atoms with van der Waals surface area (Å²) in [6.07, 6.45) is 8.15. The molecule has 0 saturated heterocycles. The second kappa shape index (κ2) is 5.54. The Morgan fingerprint density at radius 1 is 1.14 bits per heavy atom. The van der Waals surface area contributed by atoms with Crippen LogP contribution >= 0.6 is 11.8 Å². The van der Waals surface area contributed by atoms with Crippen LogP contribution in [0.15, 0.2) is 72.2 Å². The molecule has 0 aliphatic carbocycles. The Kier molecular flexibility index (Phi) is 3.39. The lowest BCUT2D eigenvalue weighted by Crippen LogP contribution is -2.17. The fourth-order valence-corrected chi connectivity index (χ4v) is 3.96. The van der Waals surface area contributed by atoms with E-state index < -0.39 is 0 Å². The maximum absolute atomic E-state index is 4.37.